The molecule has 0 radical (unpaired) electrons. The fraction of sp³-hybridized carbons (Fsp3) is 1.00. The fourth-order valence-corrected chi connectivity index (χ4v) is 1.89. The summed E-state index contributed by atoms with van der Waals surface area (Å²) in [6.45, 7) is 8.09. The highest BCUT2D eigenvalue weighted by Crippen LogP contribution is 1.99. The molecule has 0 aromatic carbocycles. The van der Waals surface area contributed by atoms with E-state index in [9.17, 15) is 0 Å². The Bertz CT molecular complexity index is 73.7. The van der Waals surface area contributed by atoms with Gasteiger partial charge in [-0.05, 0) is 27.7 Å². The normalized spacial score (nSPS) is 11.9. The molecule has 0 aromatic heterocycles. The summed E-state index contributed by atoms with van der Waals surface area (Å²) in [6, 6.07) is 0. The van der Waals surface area contributed by atoms with Gasteiger partial charge in [-0.1, -0.05) is 0 Å². The molecular weight excluding hydrogens is 143 g/mol. The summed E-state index contributed by atoms with van der Waals surface area (Å²) in [5.74, 6) is 0. The summed E-state index contributed by atoms with van der Waals surface area (Å²) in [7, 11) is 0. The van der Waals surface area contributed by atoms with Gasteiger partial charge in [0.2, 0.25) is 0 Å². The molecule has 0 bridgehead atoms. The minimum atomic E-state index is 0.0556. The van der Waals surface area contributed by atoms with Crippen molar-refractivity contribution >= 4 is 16.3 Å². The van der Waals surface area contributed by atoms with Gasteiger partial charge in [0.1, 0.15) is 0 Å². The molecule has 0 heterocycles. The quantitative estimate of drug-likeness (QED) is 0.446. The van der Waals surface area contributed by atoms with Gasteiger partial charge in [0.25, 0.3) is 0 Å². The molecule has 0 aliphatic rings. The Morgan fingerprint density at radius 1 is 0.900 bits per heavy atom. The summed E-state index contributed by atoms with van der Waals surface area (Å²) in [5, 5.41) is 0.0556. The topological polar surface area (TPSA) is 18.5 Å². The second-order valence-electron chi connectivity index (χ2n) is 2.94. The van der Waals surface area contributed by atoms with Crippen LogP contribution in [0.1, 0.15) is 27.7 Å². The Morgan fingerprint density at radius 3 is 1.40 bits per heavy atom. The van der Waals surface area contributed by atoms with Crippen LogP contribution in [0.25, 0.3) is 0 Å². The highest BCUT2D eigenvalue weighted by molar-refractivity contribution is 6.10. The van der Waals surface area contributed by atoms with Crippen LogP contribution in [0.15, 0.2) is 0 Å². The van der Waals surface area contributed by atoms with E-state index in [-0.39, 0.29) is 17.4 Å². The minimum absolute atomic E-state index is 0.0556. The lowest BCUT2D eigenvalue weighted by Crippen LogP contribution is -2.24. The summed E-state index contributed by atoms with van der Waals surface area (Å²) in [6.07, 6.45) is 0.558. The third-order valence-electron chi connectivity index (χ3n) is 0.928. The molecule has 3 heteroatoms. The molecular formula is C7H17AlO2. The number of rotatable bonds is 4. The Kier molecular flexibility index (Phi) is 5.38. The molecule has 0 rings (SSSR count). The standard InChI is InChI=1S/C7H15O2.Al.2H/c1-6(2)8-5-9-7(3)4;;;/h5-7H,1-4H3;;;. The fourth-order valence-electron chi connectivity index (χ4n) is 0.799. The van der Waals surface area contributed by atoms with Gasteiger partial charge in [0, 0.05) is 0 Å². The summed E-state index contributed by atoms with van der Waals surface area (Å²) < 4.78 is 10.8. The molecule has 0 saturated carbocycles. The van der Waals surface area contributed by atoms with Crippen molar-refractivity contribution in [1.29, 1.82) is 0 Å². The van der Waals surface area contributed by atoms with Gasteiger partial charge in [-0.25, -0.2) is 0 Å². The predicted octanol–water partition coefficient (Wildman–Crippen LogP) is 0.753. The molecule has 0 aliphatic carbocycles. The maximum Gasteiger partial charge on any atom is 0.303 e. The van der Waals surface area contributed by atoms with Crippen molar-refractivity contribution in [2.75, 3.05) is 0 Å². The predicted molar refractivity (Wildman–Crippen MR) is 44.8 cm³/mol. The lowest BCUT2D eigenvalue weighted by molar-refractivity contribution is -0.131. The number of hydrogen-bond acceptors (Lipinski definition) is 2. The average molecular weight is 160 g/mol. The molecule has 0 aliphatic heterocycles. The second kappa shape index (κ2) is 5.15. The molecule has 0 amide bonds. The van der Waals surface area contributed by atoms with Gasteiger partial charge in [-0.2, -0.15) is 0 Å². The molecule has 0 spiro atoms. The lowest BCUT2D eigenvalue weighted by Gasteiger charge is -2.19. The van der Waals surface area contributed by atoms with Crippen molar-refractivity contribution < 1.29 is 9.47 Å². The maximum atomic E-state index is 5.40. The van der Waals surface area contributed by atoms with Crippen molar-refractivity contribution in [3.8, 4) is 0 Å². The minimum Gasteiger partial charge on any atom is -0.366 e. The number of hydrogen-bond donors (Lipinski definition) is 0. The van der Waals surface area contributed by atoms with Gasteiger partial charge in [0.05, 0.1) is 17.4 Å². The van der Waals surface area contributed by atoms with E-state index in [4.69, 9.17) is 9.47 Å². The third kappa shape index (κ3) is 6.57. The number of ether oxygens (including phenoxy) is 2. The average Bonchev–Trinajstić information content (AvgIpc) is 1.58. The smallest absolute Gasteiger partial charge is 0.303 e. The van der Waals surface area contributed by atoms with Crippen molar-refractivity contribution in [3.63, 3.8) is 0 Å². The molecule has 0 aromatic rings. The van der Waals surface area contributed by atoms with Crippen LogP contribution in [0.5, 0.6) is 0 Å². The first-order valence-electron chi connectivity index (χ1n) is 3.83. The van der Waals surface area contributed by atoms with E-state index in [2.05, 4.69) is 0 Å². The van der Waals surface area contributed by atoms with Crippen LogP contribution in [0.3, 0.4) is 0 Å². The SMILES string of the molecule is CC(C)O[CH]([AlH2])OC(C)C. The Balaban J connectivity index is 3.34. The molecule has 2 nitrogen and oxygen atoms in total. The van der Waals surface area contributed by atoms with Crippen molar-refractivity contribution in [1.82, 2.24) is 0 Å². The zero-order valence-corrected chi connectivity index (χ0v) is 9.55. The zero-order chi connectivity index (χ0) is 8.15. The Morgan fingerprint density at radius 2 is 1.20 bits per heavy atom. The van der Waals surface area contributed by atoms with Crippen LogP contribution in [0.4, 0.5) is 0 Å². The first kappa shape index (κ1) is 10.5. The first-order valence-corrected chi connectivity index (χ1v) is 4.98. The second-order valence-corrected chi connectivity index (χ2v) is 3.88. The molecule has 10 heavy (non-hydrogen) atoms. The van der Waals surface area contributed by atoms with Crippen LogP contribution in [-0.4, -0.2) is 33.7 Å². The summed E-state index contributed by atoms with van der Waals surface area (Å²) >= 11 is 0.940. The highest BCUT2D eigenvalue weighted by Gasteiger charge is 2.05. The van der Waals surface area contributed by atoms with Crippen LogP contribution < -0.4 is 0 Å². The van der Waals surface area contributed by atoms with Crippen molar-refractivity contribution in [3.05, 3.63) is 0 Å². The largest absolute Gasteiger partial charge is 0.366 e. The van der Waals surface area contributed by atoms with E-state index in [1.807, 2.05) is 27.7 Å². The van der Waals surface area contributed by atoms with E-state index >= 15 is 0 Å². The third-order valence-corrected chi connectivity index (χ3v) is 1.47. The van der Waals surface area contributed by atoms with Gasteiger partial charge in [0.15, 0.2) is 0 Å². The molecule has 0 N–H and O–H groups in total. The van der Waals surface area contributed by atoms with E-state index in [1.54, 1.807) is 0 Å². The lowest BCUT2D eigenvalue weighted by atomic mass is 10.5. The summed E-state index contributed by atoms with van der Waals surface area (Å²) in [5.41, 5.74) is 0. The van der Waals surface area contributed by atoms with Crippen LogP contribution >= 0.6 is 0 Å². The Labute approximate surface area is 71.3 Å². The van der Waals surface area contributed by atoms with E-state index < -0.39 is 0 Å². The van der Waals surface area contributed by atoms with Crippen molar-refractivity contribution in [2.24, 2.45) is 0 Å². The first-order chi connectivity index (χ1) is 4.52. The van der Waals surface area contributed by atoms with Gasteiger partial charge < -0.3 is 9.47 Å². The van der Waals surface area contributed by atoms with E-state index in [0.29, 0.717) is 0 Å². The van der Waals surface area contributed by atoms with Crippen LogP contribution in [0, 0.1) is 0 Å². The van der Waals surface area contributed by atoms with Crippen molar-refractivity contribution in [2.45, 2.75) is 45.1 Å². The summed E-state index contributed by atoms with van der Waals surface area (Å²) in [4.78, 5) is 0. The van der Waals surface area contributed by atoms with E-state index in [1.165, 1.54) is 0 Å². The molecule has 0 atom stereocenters. The maximum absolute atomic E-state index is 5.40. The van der Waals surface area contributed by atoms with Crippen LogP contribution in [0.2, 0.25) is 0 Å². The molecule has 0 saturated heterocycles. The van der Waals surface area contributed by atoms with Gasteiger partial charge in [-0.15, -0.1) is 0 Å². The van der Waals surface area contributed by atoms with Gasteiger partial charge in [-0.3, -0.25) is 0 Å². The van der Waals surface area contributed by atoms with Crippen LogP contribution in [-0.2, 0) is 9.47 Å². The zero-order valence-electron chi connectivity index (χ0n) is 7.55. The Hall–Kier alpha value is 0.452. The highest BCUT2D eigenvalue weighted by atomic mass is 27.0. The molecule has 0 unspecified atom stereocenters. The molecule has 60 valence electrons. The monoisotopic (exact) mass is 160 g/mol. The molecule has 0 fully saturated rings. The van der Waals surface area contributed by atoms with Gasteiger partial charge >= 0.3 is 16.3 Å². The van der Waals surface area contributed by atoms with E-state index in [0.717, 1.165) is 16.3 Å².